The van der Waals surface area contributed by atoms with Crippen molar-refractivity contribution >= 4 is 11.6 Å². The molecular formula is C14H22N2O. The number of nitrogens with one attached hydrogen (secondary N) is 1. The van der Waals surface area contributed by atoms with E-state index in [-0.39, 0.29) is 11.3 Å². The van der Waals surface area contributed by atoms with Gasteiger partial charge in [-0.15, -0.1) is 0 Å². The van der Waals surface area contributed by atoms with Crippen molar-refractivity contribution in [2.45, 2.75) is 52.4 Å². The number of hydrogen-bond donors (Lipinski definition) is 1. The van der Waals surface area contributed by atoms with E-state index in [2.05, 4.69) is 10.5 Å². The average molecular weight is 234 g/mol. The van der Waals surface area contributed by atoms with E-state index >= 15 is 0 Å². The van der Waals surface area contributed by atoms with Crippen molar-refractivity contribution in [3.05, 3.63) is 0 Å². The lowest BCUT2D eigenvalue weighted by Crippen LogP contribution is -2.52. The van der Waals surface area contributed by atoms with Crippen LogP contribution in [0.4, 0.5) is 0 Å². The van der Waals surface area contributed by atoms with Crippen LogP contribution in [-0.2, 0) is 4.79 Å². The number of hydrogen-bond acceptors (Lipinski definition) is 2. The third kappa shape index (κ3) is 1.90. The fraction of sp³-hybridized carbons (Fsp3) is 0.857. The van der Waals surface area contributed by atoms with Crippen LogP contribution in [0.5, 0.6) is 0 Å². The van der Waals surface area contributed by atoms with Gasteiger partial charge >= 0.3 is 0 Å². The minimum absolute atomic E-state index is 0.0618. The minimum Gasteiger partial charge on any atom is -0.273 e. The third-order valence-electron chi connectivity index (χ3n) is 4.90. The van der Waals surface area contributed by atoms with Crippen molar-refractivity contribution in [1.82, 2.24) is 5.43 Å². The third-order valence-corrected chi connectivity index (χ3v) is 4.90. The summed E-state index contributed by atoms with van der Waals surface area (Å²) in [5.74, 6) is 2.65. The van der Waals surface area contributed by atoms with Gasteiger partial charge in [0.25, 0.3) is 0 Å². The van der Waals surface area contributed by atoms with Crippen molar-refractivity contribution in [3.63, 3.8) is 0 Å². The van der Waals surface area contributed by atoms with Gasteiger partial charge in [0, 0.05) is 5.71 Å². The number of nitrogens with zero attached hydrogens (tertiary/aromatic N) is 1. The highest BCUT2D eigenvalue weighted by molar-refractivity contribution is 5.86. The van der Waals surface area contributed by atoms with E-state index in [9.17, 15) is 4.79 Å². The molecule has 17 heavy (non-hydrogen) atoms. The quantitative estimate of drug-likeness (QED) is 0.579. The maximum Gasteiger partial charge on any atom is 0.246 e. The first-order chi connectivity index (χ1) is 8.07. The van der Waals surface area contributed by atoms with E-state index in [4.69, 9.17) is 0 Å². The molecule has 4 fully saturated rings. The SMILES string of the molecule is CC(C)=NNC(=O)C12CC3CC(CC(C3)C1)C2. The molecule has 94 valence electrons. The molecule has 0 unspecified atom stereocenters. The van der Waals surface area contributed by atoms with Crippen molar-refractivity contribution in [2.75, 3.05) is 0 Å². The summed E-state index contributed by atoms with van der Waals surface area (Å²) < 4.78 is 0. The van der Waals surface area contributed by atoms with Crippen LogP contribution >= 0.6 is 0 Å². The predicted octanol–water partition coefficient (Wildman–Crippen LogP) is 2.71. The summed E-state index contributed by atoms with van der Waals surface area (Å²) in [7, 11) is 0. The standard InChI is InChI=1S/C14H22N2O/c1-9(2)15-16-13(17)14-6-10-3-11(7-14)5-12(4-10)8-14/h10-12H,3-8H2,1-2H3,(H,16,17). The normalized spacial score (nSPS) is 42.4. The Balaban J connectivity index is 1.77. The summed E-state index contributed by atoms with van der Waals surface area (Å²) in [4.78, 5) is 12.4. The number of amides is 1. The Morgan fingerprint density at radius 3 is 1.94 bits per heavy atom. The van der Waals surface area contributed by atoms with E-state index in [0.717, 1.165) is 42.7 Å². The second kappa shape index (κ2) is 3.82. The molecule has 4 rings (SSSR count). The van der Waals surface area contributed by atoms with E-state index in [0.29, 0.717) is 0 Å². The number of carbonyl (C=O) groups is 1. The lowest BCUT2D eigenvalue weighted by molar-refractivity contribution is -0.146. The van der Waals surface area contributed by atoms with Crippen LogP contribution in [0.15, 0.2) is 5.10 Å². The van der Waals surface area contributed by atoms with Crippen LogP contribution in [0, 0.1) is 23.2 Å². The van der Waals surface area contributed by atoms with Gasteiger partial charge in [0.2, 0.25) is 5.91 Å². The zero-order valence-corrected chi connectivity index (χ0v) is 10.8. The van der Waals surface area contributed by atoms with E-state index in [1.807, 2.05) is 13.8 Å². The molecule has 4 saturated carbocycles. The molecule has 1 amide bonds. The molecule has 4 aliphatic carbocycles. The maximum absolute atomic E-state index is 12.4. The lowest BCUT2D eigenvalue weighted by atomic mass is 9.49. The van der Waals surface area contributed by atoms with Crippen LogP contribution in [0.3, 0.4) is 0 Å². The van der Waals surface area contributed by atoms with E-state index < -0.39 is 0 Å². The molecule has 0 atom stereocenters. The molecular weight excluding hydrogens is 212 g/mol. The van der Waals surface area contributed by atoms with Gasteiger partial charge in [-0.05, 0) is 70.1 Å². The summed E-state index contributed by atoms with van der Waals surface area (Å²) in [6, 6.07) is 0. The molecule has 0 spiro atoms. The van der Waals surface area contributed by atoms with Crippen LogP contribution < -0.4 is 5.43 Å². The van der Waals surface area contributed by atoms with Gasteiger partial charge in [0.15, 0.2) is 0 Å². The van der Waals surface area contributed by atoms with Gasteiger partial charge in [0.1, 0.15) is 0 Å². The fourth-order valence-corrected chi connectivity index (χ4v) is 4.67. The lowest BCUT2D eigenvalue weighted by Gasteiger charge is -2.55. The fourth-order valence-electron chi connectivity index (χ4n) is 4.67. The molecule has 3 nitrogen and oxygen atoms in total. The summed E-state index contributed by atoms with van der Waals surface area (Å²) >= 11 is 0. The topological polar surface area (TPSA) is 41.5 Å². The Labute approximate surface area is 103 Å². The first-order valence-corrected chi connectivity index (χ1v) is 6.89. The van der Waals surface area contributed by atoms with Gasteiger partial charge in [-0.2, -0.15) is 5.10 Å². The molecule has 4 bridgehead atoms. The van der Waals surface area contributed by atoms with E-state index in [1.165, 1.54) is 19.3 Å². The maximum atomic E-state index is 12.4. The van der Waals surface area contributed by atoms with Crippen molar-refractivity contribution < 1.29 is 4.79 Å². The smallest absolute Gasteiger partial charge is 0.246 e. The van der Waals surface area contributed by atoms with Gasteiger partial charge < -0.3 is 0 Å². The molecule has 1 N–H and O–H groups in total. The van der Waals surface area contributed by atoms with Crippen LogP contribution in [0.2, 0.25) is 0 Å². The van der Waals surface area contributed by atoms with Crippen LogP contribution in [-0.4, -0.2) is 11.6 Å². The summed E-state index contributed by atoms with van der Waals surface area (Å²) in [5, 5.41) is 4.10. The van der Waals surface area contributed by atoms with Crippen molar-refractivity contribution in [3.8, 4) is 0 Å². The van der Waals surface area contributed by atoms with Crippen LogP contribution in [0.25, 0.3) is 0 Å². The summed E-state index contributed by atoms with van der Waals surface area (Å²) in [6.45, 7) is 3.83. The molecule has 0 aliphatic heterocycles. The average Bonchev–Trinajstić information content (AvgIpc) is 2.23. The molecule has 4 aliphatic rings. The van der Waals surface area contributed by atoms with E-state index in [1.54, 1.807) is 0 Å². The molecule has 3 heteroatoms. The Morgan fingerprint density at radius 1 is 1.06 bits per heavy atom. The Bertz CT molecular complexity index is 333. The molecule has 0 heterocycles. The van der Waals surface area contributed by atoms with Crippen molar-refractivity contribution in [1.29, 1.82) is 0 Å². The van der Waals surface area contributed by atoms with Gasteiger partial charge in [-0.1, -0.05) is 0 Å². The second-order valence-electron chi connectivity index (χ2n) is 6.70. The summed E-state index contributed by atoms with van der Waals surface area (Å²) in [5.41, 5.74) is 3.65. The zero-order valence-electron chi connectivity index (χ0n) is 10.8. The molecule has 0 aromatic carbocycles. The Morgan fingerprint density at radius 2 is 1.53 bits per heavy atom. The van der Waals surface area contributed by atoms with Gasteiger partial charge in [0.05, 0.1) is 5.41 Å². The number of carbonyl (C=O) groups excluding carboxylic acids is 1. The molecule has 0 radical (unpaired) electrons. The minimum atomic E-state index is -0.0618. The number of hydrazone groups is 1. The molecule has 0 aromatic heterocycles. The summed E-state index contributed by atoms with van der Waals surface area (Å²) in [6.07, 6.45) is 7.48. The Kier molecular flexibility index (Phi) is 2.53. The predicted molar refractivity (Wildman–Crippen MR) is 67.5 cm³/mol. The number of rotatable bonds is 2. The first kappa shape index (κ1) is 11.2. The highest BCUT2D eigenvalue weighted by Crippen LogP contribution is 2.60. The highest BCUT2D eigenvalue weighted by Gasteiger charge is 2.54. The van der Waals surface area contributed by atoms with Crippen molar-refractivity contribution in [2.24, 2.45) is 28.3 Å². The monoisotopic (exact) mass is 234 g/mol. The molecule has 0 aromatic rings. The zero-order chi connectivity index (χ0) is 12.0. The van der Waals surface area contributed by atoms with Crippen LogP contribution in [0.1, 0.15) is 52.4 Å². The first-order valence-electron chi connectivity index (χ1n) is 6.89. The molecule has 0 saturated heterocycles. The van der Waals surface area contributed by atoms with Gasteiger partial charge in [-0.25, -0.2) is 5.43 Å². The Hall–Kier alpha value is -0.860. The second-order valence-corrected chi connectivity index (χ2v) is 6.70. The largest absolute Gasteiger partial charge is 0.273 e. The van der Waals surface area contributed by atoms with Gasteiger partial charge in [-0.3, -0.25) is 4.79 Å². The highest BCUT2D eigenvalue weighted by atomic mass is 16.2.